The number of Topliss-reactive ketones (excluding diaryl/α,β-unsaturated/α-hetero) is 1. The van der Waals surface area contributed by atoms with E-state index in [0.29, 0.717) is 35.7 Å². The number of urea groups is 1. The van der Waals surface area contributed by atoms with Crippen LogP contribution in [0, 0.1) is 0 Å². The summed E-state index contributed by atoms with van der Waals surface area (Å²) in [6, 6.07) is 13.1. The van der Waals surface area contributed by atoms with Crippen LogP contribution in [0.1, 0.15) is 46.8 Å². The number of nitrogens with zero attached hydrogens (tertiary/aromatic N) is 4. The van der Waals surface area contributed by atoms with E-state index in [9.17, 15) is 9.59 Å². The maximum absolute atomic E-state index is 13.7. The standard InChI is InChI=1S/C28H33N7O3/c1-34(19-10-16-38-17-11-19)33-28(37)30-22-5-2-4-21-23(22)27(36)24-25(31-32-26(21)24)18-6-8-20(9-7-18)35-14-3-12-29-13-15-35/h2,4-9,19,26,29H,3,10-17H2,1H3,(H2,30,33,37). The van der Waals surface area contributed by atoms with Crippen LogP contribution in [0.3, 0.4) is 0 Å². The zero-order valence-corrected chi connectivity index (χ0v) is 21.6. The van der Waals surface area contributed by atoms with Crippen LogP contribution in [-0.4, -0.2) is 69.3 Å². The minimum atomic E-state index is -0.446. The Morgan fingerprint density at radius 1 is 1.11 bits per heavy atom. The number of hydrazine groups is 1. The lowest BCUT2D eigenvalue weighted by Crippen LogP contribution is -2.49. The Labute approximate surface area is 222 Å². The van der Waals surface area contributed by atoms with Gasteiger partial charge in [-0.2, -0.15) is 10.2 Å². The molecule has 1 atom stereocenters. The Morgan fingerprint density at radius 3 is 2.74 bits per heavy atom. The van der Waals surface area contributed by atoms with Gasteiger partial charge in [0, 0.05) is 57.2 Å². The third kappa shape index (κ3) is 4.70. The maximum Gasteiger partial charge on any atom is 0.333 e. The summed E-state index contributed by atoms with van der Waals surface area (Å²) in [5, 5.41) is 17.0. The quantitative estimate of drug-likeness (QED) is 0.523. The molecule has 4 aliphatic rings. The molecule has 6 rings (SSSR count). The van der Waals surface area contributed by atoms with Gasteiger partial charge in [0.1, 0.15) is 11.7 Å². The summed E-state index contributed by atoms with van der Waals surface area (Å²) >= 11 is 0. The van der Waals surface area contributed by atoms with Gasteiger partial charge in [0.25, 0.3) is 0 Å². The number of benzene rings is 2. The number of amides is 2. The van der Waals surface area contributed by atoms with E-state index in [2.05, 4.69) is 43.3 Å². The largest absolute Gasteiger partial charge is 0.381 e. The minimum absolute atomic E-state index is 0.138. The van der Waals surface area contributed by atoms with Crippen LogP contribution in [0.5, 0.6) is 0 Å². The van der Waals surface area contributed by atoms with Crippen molar-refractivity contribution in [1.82, 2.24) is 15.8 Å². The molecular formula is C28H33N7O3. The lowest BCUT2D eigenvalue weighted by Gasteiger charge is -2.31. The first-order valence-corrected chi connectivity index (χ1v) is 13.4. The predicted molar refractivity (Wildman–Crippen MR) is 145 cm³/mol. The van der Waals surface area contributed by atoms with Crippen LogP contribution in [0.2, 0.25) is 0 Å². The number of carbonyl (C=O) groups is 2. The molecule has 0 bridgehead atoms. The Hall–Kier alpha value is -3.60. The van der Waals surface area contributed by atoms with Gasteiger partial charge in [-0.05, 0) is 49.6 Å². The molecule has 3 N–H and O–H groups in total. The smallest absolute Gasteiger partial charge is 0.333 e. The lowest BCUT2D eigenvalue weighted by atomic mass is 10.0. The number of anilines is 2. The fourth-order valence-electron chi connectivity index (χ4n) is 5.72. The third-order valence-corrected chi connectivity index (χ3v) is 7.78. The number of ether oxygens (including phenoxy) is 1. The number of nitrogens with one attached hydrogen (secondary N) is 3. The van der Waals surface area contributed by atoms with Crippen LogP contribution >= 0.6 is 0 Å². The SMILES string of the molecule is CN(NC(=O)Nc1cccc2c1C(=O)C1=C(c3ccc(N4CCCNCC4)cc3)N=NC12)C1CCOCC1. The number of hydrogen-bond acceptors (Lipinski definition) is 8. The summed E-state index contributed by atoms with van der Waals surface area (Å²) in [5.41, 5.74) is 7.83. The second kappa shape index (κ2) is 10.6. The zero-order valence-electron chi connectivity index (χ0n) is 21.6. The van der Waals surface area contributed by atoms with E-state index >= 15 is 0 Å². The molecule has 1 aliphatic carbocycles. The summed E-state index contributed by atoms with van der Waals surface area (Å²) in [4.78, 5) is 28.9. The van der Waals surface area contributed by atoms with Crippen LogP contribution in [0.25, 0.3) is 5.70 Å². The van der Waals surface area contributed by atoms with Crippen LogP contribution < -0.4 is 21.0 Å². The van der Waals surface area contributed by atoms with Gasteiger partial charge >= 0.3 is 6.03 Å². The first kappa shape index (κ1) is 24.7. The summed E-state index contributed by atoms with van der Waals surface area (Å²) < 4.78 is 5.41. The molecule has 2 aromatic carbocycles. The van der Waals surface area contributed by atoms with Gasteiger partial charge in [-0.3, -0.25) is 10.2 Å². The number of azo groups is 1. The third-order valence-electron chi connectivity index (χ3n) is 7.78. The highest BCUT2D eigenvalue weighted by Crippen LogP contribution is 2.49. The van der Waals surface area contributed by atoms with Crippen molar-refractivity contribution in [2.45, 2.75) is 31.3 Å². The van der Waals surface area contributed by atoms with Gasteiger partial charge in [0.2, 0.25) is 0 Å². The van der Waals surface area contributed by atoms with E-state index in [1.54, 1.807) is 6.07 Å². The summed E-state index contributed by atoms with van der Waals surface area (Å²) in [6.07, 6.45) is 2.82. The van der Waals surface area contributed by atoms with Gasteiger partial charge in [-0.1, -0.05) is 24.3 Å². The average molecular weight is 516 g/mol. The number of rotatable bonds is 5. The van der Waals surface area contributed by atoms with Crippen molar-refractivity contribution in [3.8, 4) is 0 Å². The zero-order chi connectivity index (χ0) is 26.1. The van der Waals surface area contributed by atoms with Crippen LogP contribution in [-0.2, 0) is 4.74 Å². The molecule has 3 aliphatic heterocycles. The first-order valence-electron chi connectivity index (χ1n) is 13.4. The molecule has 0 aromatic heterocycles. The fourth-order valence-corrected chi connectivity index (χ4v) is 5.72. The molecule has 198 valence electrons. The molecule has 1 unspecified atom stereocenters. The predicted octanol–water partition coefficient (Wildman–Crippen LogP) is 3.75. The first-order chi connectivity index (χ1) is 18.6. The second-order valence-electron chi connectivity index (χ2n) is 10.1. The monoisotopic (exact) mass is 515 g/mol. The van der Waals surface area contributed by atoms with Crippen LogP contribution in [0.4, 0.5) is 16.2 Å². The summed E-state index contributed by atoms with van der Waals surface area (Å²) in [7, 11) is 1.85. The number of fused-ring (bicyclic) bond motifs is 3. The molecule has 2 fully saturated rings. The van der Waals surface area contributed by atoms with Crippen molar-refractivity contribution in [1.29, 1.82) is 0 Å². The number of ketones is 1. The molecule has 10 heteroatoms. The second-order valence-corrected chi connectivity index (χ2v) is 10.1. The van der Waals surface area contributed by atoms with E-state index in [1.807, 2.05) is 36.3 Å². The Kier molecular flexibility index (Phi) is 6.92. The van der Waals surface area contributed by atoms with Crippen molar-refractivity contribution in [3.05, 3.63) is 64.7 Å². The molecule has 0 radical (unpaired) electrons. The Bertz CT molecular complexity index is 1280. The fraction of sp³-hybridized carbons (Fsp3) is 0.429. The van der Waals surface area contributed by atoms with E-state index in [-0.39, 0.29) is 17.9 Å². The molecule has 3 heterocycles. The molecule has 0 spiro atoms. The van der Waals surface area contributed by atoms with E-state index in [1.165, 1.54) is 5.69 Å². The van der Waals surface area contributed by atoms with Crippen molar-refractivity contribution in [2.24, 2.45) is 10.2 Å². The highest BCUT2D eigenvalue weighted by atomic mass is 16.5. The van der Waals surface area contributed by atoms with Crippen LogP contribution in [0.15, 0.2) is 58.3 Å². The lowest BCUT2D eigenvalue weighted by molar-refractivity contribution is 0.0312. The van der Waals surface area contributed by atoms with Gasteiger partial charge in [-0.15, -0.1) is 0 Å². The van der Waals surface area contributed by atoms with E-state index in [0.717, 1.165) is 56.6 Å². The van der Waals surface area contributed by atoms with Gasteiger partial charge < -0.3 is 20.3 Å². The normalized spacial score (nSPS) is 21.5. The minimum Gasteiger partial charge on any atom is -0.381 e. The highest BCUT2D eigenvalue weighted by Gasteiger charge is 2.42. The van der Waals surface area contributed by atoms with Gasteiger partial charge in [0.15, 0.2) is 5.78 Å². The molecule has 2 amide bonds. The molecule has 0 saturated carbocycles. The summed E-state index contributed by atoms with van der Waals surface area (Å²) in [5.74, 6) is -0.138. The molecule has 38 heavy (non-hydrogen) atoms. The van der Waals surface area contributed by atoms with Crippen molar-refractivity contribution in [3.63, 3.8) is 0 Å². The maximum atomic E-state index is 13.7. The molecular weight excluding hydrogens is 482 g/mol. The highest BCUT2D eigenvalue weighted by molar-refractivity contribution is 6.22. The number of carbonyl (C=O) groups excluding carboxylic acids is 2. The molecule has 10 nitrogen and oxygen atoms in total. The Balaban J connectivity index is 1.21. The van der Waals surface area contributed by atoms with Gasteiger partial charge in [-0.25, -0.2) is 9.80 Å². The summed E-state index contributed by atoms with van der Waals surface area (Å²) in [6.45, 7) is 5.37. The Morgan fingerprint density at radius 2 is 1.92 bits per heavy atom. The van der Waals surface area contributed by atoms with Crippen molar-refractivity contribution in [2.75, 3.05) is 56.7 Å². The average Bonchev–Trinajstić information content (AvgIpc) is 3.37. The topological polar surface area (TPSA) is 111 Å². The van der Waals surface area contributed by atoms with Gasteiger partial charge in [0.05, 0.1) is 16.8 Å². The van der Waals surface area contributed by atoms with E-state index in [4.69, 9.17) is 4.74 Å². The van der Waals surface area contributed by atoms with Crippen molar-refractivity contribution >= 4 is 28.9 Å². The number of hydrogen-bond donors (Lipinski definition) is 3. The van der Waals surface area contributed by atoms with E-state index < -0.39 is 6.04 Å². The molecule has 2 aromatic rings. The molecule has 2 saturated heterocycles. The van der Waals surface area contributed by atoms with Crippen molar-refractivity contribution < 1.29 is 14.3 Å².